The number of carbonyl (C=O) groups excluding carboxylic acids is 3. The molecule has 0 saturated carbocycles. The van der Waals surface area contributed by atoms with Gasteiger partial charge >= 0.3 is 29.4 Å². The number of nitrogens with one attached hydrogen (secondary N) is 4. The van der Waals surface area contributed by atoms with Gasteiger partial charge in [-0.2, -0.15) is 19.9 Å². The average Bonchev–Trinajstić information content (AvgIpc) is 4.07. The lowest BCUT2D eigenvalue weighted by Gasteiger charge is -2.32. The van der Waals surface area contributed by atoms with Gasteiger partial charge < -0.3 is 46.3 Å². The molecule has 0 atom stereocenters. The van der Waals surface area contributed by atoms with E-state index >= 15 is 0 Å². The van der Waals surface area contributed by atoms with Crippen LogP contribution in [0.2, 0.25) is 0 Å². The van der Waals surface area contributed by atoms with E-state index in [0.717, 1.165) is 115 Å². The largest absolute Gasteiger partial charge is 0.463 e. The number of esters is 1. The molecule has 22 nitrogen and oxygen atoms in total. The van der Waals surface area contributed by atoms with Crippen LogP contribution < -0.4 is 43.0 Å². The van der Waals surface area contributed by atoms with E-state index in [2.05, 4.69) is 88.5 Å². The predicted molar refractivity (Wildman–Crippen MR) is 321 cm³/mol. The van der Waals surface area contributed by atoms with E-state index in [0.29, 0.717) is 86.4 Å². The zero-order valence-electron chi connectivity index (χ0n) is 49.4. The van der Waals surface area contributed by atoms with Crippen LogP contribution in [-0.2, 0) is 45.3 Å². The maximum atomic E-state index is 13.1. The molecule has 0 radical (unpaired) electrons. The van der Waals surface area contributed by atoms with Gasteiger partial charge in [0.25, 0.3) is 0 Å². The first-order chi connectivity index (χ1) is 40.0. The number of hydrogen-bond donors (Lipinski definition) is 6. The fourth-order valence-corrected chi connectivity index (χ4v) is 11.0. The molecule has 2 aromatic carbocycles. The van der Waals surface area contributed by atoms with E-state index in [9.17, 15) is 24.0 Å². The van der Waals surface area contributed by atoms with E-state index in [1.54, 1.807) is 9.13 Å². The monoisotopic (exact) mass is 1140 g/mol. The van der Waals surface area contributed by atoms with Crippen molar-refractivity contribution in [2.75, 3.05) is 63.9 Å². The molecule has 6 aromatic rings. The number of nitrogens with two attached hydrogens (primary N) is 2. The second kappa shape index (κ2) is 29.8. The van der Waals surface area contributed by atoms with Gasteiger partial charge in [-0.25, -0.2) is 9.59 Å². The Balaban J connectivity index is 0.698. The van der Waals surface area contributed by atoms with Gasteiger partial charge in [-0.3, -0.25) is 33.3 Å². The van der Waals surface area contributed by atoms with Crippen molar-refractivity contribution in [3.05, 3.63) is 91.8 Å². The summed E-state index contributed by atoms with van der Waals surface area (Å²) in [5.41, 5.74) is 17.0. The van der Waals surface area contributed by atoms with E-state index in [-0.39, 0.29) is 78.0 Å². The average molecular weight is 1150 g/mol. The zero-order chi connectivity index (χ0) is 58.9. The van der Waals surface area contributed by atoms with Gasteiger partial charge in [-0.1, -0.05) is 75.2 Å². The van der Waals surface area contributed by atoms with Crippen molar-refractivity contribution in [2.45, 2.75) is 163 Å². The number of ether oxygens (including phenoxy) is 3. The Labute approximate surface area is 486 Å². The molecule has 2 amide bonds. The van der Waals surface area contributed by atoms with Gasteiger partial charge in [-0.05, 0) is 151 Å². The number of benzene rings is 2. The highest BCUT2D eigenvalue weighted by Gasteiger charge is 2.25. The van der Waals surface area contributed by atoms with Crippen LogP contribution in [0, 0.1) is 17.8 Å². The second-order valence-electron chi connectivity index (χ2n) is 23.7. The number of aromatic amines is 2. The van der Waals surface area contributed by atoms with Crippen molar-refractivity contribution >= 4 is 51.7 Å². The molecule has 4 aromatic heterocycles. The molecule has 0 aliphatic carbocycles. The van der Waals surface area contributed by atoms with Crippen LogP contribution in [0.1, 0.15) is 153 Å². The number of nitrogens with zero attached hydrogens (tertiary/aromatic N) is 8. The van der Waals surface area contributed by atoms with Crippen molar-refractivity contribution in [3.8, 4) is 12.0 Å². The molecule has 0 unspecified atom stereocenters. The molecule has 2 saturated heterocycles. The van der Waals surface area contributed by atoms with Crippen LogP contribution in [0.25, 0.3) is 22.3 Å². The highest BCUT2D eigenvalue weighted by molar-refractivity contribution is 5.83. The number of amides is 2. The Morgan fingerprint density at radius 2 is 1.00 bits per heavy atom. The van der Waals surface area contributed by atoms with E-state index in [1.165, 1.54) is 11.1 Å². The Morgan fingerprint density at radius 1 is 0.614 bits per heavy atom. The minimum Gasteiger partial charge on any atom is -0.463 e. The van der Waals surface area contributed by atoms with Gasteiger partial charge in [0.15, 0.2) is 22.9 Å². The molecule has 2 fully saturated rings. The Morgan fingerprint density at radius 3 is 1.37 bits per heavy atom. The van der Waals surface area contributed by atoms with Gasteiger partial charge in [0.1, 0.15) is 16.6 Å². The molecule has 0 bridgehead atoms. The van der Waals surface area contributed by atoms with Crippen molar-refractivity contribution in [1.82, 2.24) is 59.5 Å². The van der Waals surface area contributed by atoms with Crippen molar-refractivity contribution in [1.29, 1.82) is 0 Å². The Kier molecular flexibility index (Phi) is 22.1. The number of rotatable bonds is 30. The standard InChI is InChI=1S/C61H88N14O8/c1-6-8-34-81-57-68-53(62)51-55(70-57)74(59(79)66-51)39-46-14-10-44(11-15-46)37-72-30-24-41(25-31-72)22-28-64-48(76)20-18-43(36-50(78)83-61(3,4)5)19-21-49(77)65-29-23-42-26-32-73(33-27-42)38-45-12-16-47(17-13-45)40-75-56-52(67-60(75)80)54(63)69-58(71-56)82-35-9-7-2/h10-17,41-43H,6-9,18-40H2,1-5H3,(H,64,76)(H,65,77)(H,66,79)(H,67,80)(H2,62,68,70)(H2,63,69,71). The second-order valence-corrected chi connectivity index (χ2v) is 23.7. The Bertz CT molecular complexity index is 2990. The van der Waals surface area contributed by atoms with Crippen LogP contribution in [0.3, 0.4) is 0 Å². The summed E-state index contributed by atoms with van der Waals surface area (Å²) in [6.45, 7) is 18.0. The number of hydrogen-bond acceptors (Lipinski definition) is 16. The van der Waals surface area contributed by atoms with Crippen molar-refractivity contribution < 1.29 is 28.6 Å². The summed E-state index contributed by atoms with van der Waals surface area (Å²) in [5.74, 6) is 0.840. The highest BCUT2D eigenvalue weighted by Crippen LogP contribution is 2.26. The summed E-state index contributed by atoms with van der Waals surface area (Å²) in [5, 5.41) is 6.25. The maximum absolute atomic E-state index is 13.1. The summed E-state index contributed by atoms with van der Waals surface area (Å²) in [7, 11) is 0. The number of aromatic nitrogens is 8. The van der Waals surface area contributed by atoms with Gasteiger partial charge in [0, 0.05) is 45.4 Å². The fraction of sp³-hybridized carbons (Fsp3) is 0.590. The number of nitrogen functional groups attached to an aromatic ring is 2. The summed E-state index contributed by atoms with van der Waals surface area (Å²) in [6, 6.07) is 17.0. The fourth-order valence-electron chi connectivity index (χ4n) is 11.0. The summed E-state index contributed by atoms with van der Waals surface area (Å²) in [6.07, 6.45) is 11.4. The van der Waals surface area contributed by atoms with E-state index in [4.69, 9.17) is 25.7 Å². The van der Waals surface area contributed by atoms with Gasteiger partial charge in [0.2, 0.25) is 11.8 Å². The normalized spacial score (nSPS) is 14.9. The third-order valence-corrected chi connectivity index (χ3v) is 15.9. The molecule has 450 valence electrons. The minimum atomic E-state index is -0.627. The van der Waals surface area contributed by atoms with Crippen LogP contribution in [0.15, 0.2) is 58.1 Å². The van der Waals surface area contributed by atoms with Crippen molar-refractivity contribution in [2.24, 2.45) is 17.8 Å². The molecule has 22 heteroatoms. The van der Waals surface area contributed by atoms with E-state index < -0.39 is 5.60 Å². The molecule has 83 heavy (non-hydrogen) atoms. The maximum Gasteiger partial charge on any atom is 0.328 e. The summed E-state index contributed by atoms with van der Waals surface area (Å²) in [4.78, 5) is 92.9. The number of carbonyl (C=O) groups is 3. The van der Waals surface area contributed by atoms with Crippen LogP contribution in [0.4, 0.5) is 11.6 Å². The topological polar surface area (TPSA) is 289 Å². The molecule has 8 rings (SSSR count). The number of imidazole rings is 2. The molecule has 0 spiro atoms. The van der Waals surface area contributed by atoms with Crippen LogP contribution in [-0.4, -0.2) is 125 Å². The first kappa shape index (κ1) is 61.7. The quantitative estimate of drug-likeness (QED) is 0.0192. The number of H-pyrrole nitrogens is 2. The SMILES string of the molecule is CCCCOc1nc(N)c2[nH]c(=O)n(Cc3ccc(CN4CCC(CCNC(=O)CCC(CCC(=O)NCCC5CCN(Cc6ccc(Cn7c(=O)[nH]c8c(N)nc(OCCCC)nc87)cc6)CC5)CC(=O)OC(C)(C)C)CC4)cc3)c2n1. The number of likely N-dealkylation sites (tertiary alicyclic amines) is 2. The number of fused-ring (bicyclic) bond motifs is 2. The first-order valence-corrected chi connectivity index (χ1v) is 30.1. The molecular weight excluding hydrogens is 1060 g/mol. The number of unbranched alkanes of at least 4 members (excludes halogenated alkanes) is 2. The predicted octanol–water partition coefficient (Wildman–Crippen LogP) is 7.22. The minimum absolute atomic E-state index is 0.0383. The zero-order valence-corrected chi connectivity index (χ0v) is 49.4. The lowest BCUT2D eigenvalue weighted by molar-refractivity contribution is -0.156. The smallest absolute Gasteiger partial charge is 0.328 e. The molecule has 2 aliphatic rings. The highest BCUT2D eigenvalue weighted by atomic mass is 16.6. The lowest BCUT2D eigenvalue weighted by atomic mass is 9.92. The first-order valence-electron chi connectivity index (χ1n) is 30.1. The third kappa shape index (κ3) is 18.6. The summed E-state index contributed by atoms with van der Waals surface area (Å²) < 4.78 is 20.1. The molecule has 2 aliphatic heterocycles. The van der Waals surface area contributed by atoms with Gasteiger partial charge in [-0.15, -0.1) is 0 Å². The number of piperidine rings is 2. The molecule has 8 N–H and O–H groups in total. The van der Waals surface area contributed by atoms with Crippen LogP contribution >= 0.6 is 0 Å². The Hall–Kier alpha value is -7.33. The lowest BCUT2D eigenvalue weighted by Crippen LogP contribution is -2.35. The van der Waals surface area contributed by atoms with Crippen LogP contribution in [0.5, 0.6) is 12.0 Å². The number of anilines is 2. The van der Waals surface area contributed by atoms with E-state index in [1.807, 2.05) is 45.0 Å². The third-order valence-electron chi connectivity index (χ3n) is 15.9. The van der Waals surface area contributed by atoms with Gasteiger partial charge in [0.05, 0.1) is 26.3 Å². The summed E-state index contributed by atoms with van der Waals surface area (Å²) >= 11 is 0. The molecule has 6 heterocycles. The molecular formula is C61H88N14O8. The van der Waals surface area contributed by atoms with Crippen molar-refractivity contribution in [3.63, 3.8) is 0 Å².